The van der Waals surface area contributed by atoms with Crippen LogP contribution >= 0.6 is 0 Å². The molecule has 0 N–H and O–H groups in total. The first kappa shape index (κ1) is 21.9. The molecule has 1 saturated heterocycles. The van der Waals surface area contributed by atoms with Gasteiger partial charge < -0.3 is 14.0 Å². The molecule has 0 aliphatic carbocycles. The van der Waals surface area contributed by atoms with Crippen LogP contribution in [0.3, 0.4) is 0 Å². The van der Waals surface area contributed by atoms with Crippen molar-refractivity contribution in [3.05, 3.63) is 41.0 Å². The SMILES string of the molecule is CCOC(=O)/C(=C(/CC)B1OC(C)(C)C(C)(C)O1)[Si](C)(C)c1ccccc1. The Labute approximate surface area is 165 Å². The molecule has 0 spiro atoms. The van der Waals surface area contributed by atoms with E-state index in [4.69, 9.17) is 14.0 Å². The summed E-state index contributed by atoms with van der Waals surface area (Å²) >= 11 is 0. The lowest BCUT2D eigenvalue weighted by atomic mass is 9.76. The average Bonchev–Trinajstić information content (AvgIpc) is 2.80. The number of allylic oxidation sites excluding steroid dienone is 1. The summed E-state index contributed by atoms with van der Waals surface area (Å²) in [5.41, 5.74) is 0.0136. The van der Waals surface area contributed by atoms with Gasteiger partial charge >= 0.3 is 13.1 Å². The molecule has 2 rings (SSSR count). The fourth-order valence-electron chi connectivity index (χ4n) is 3.44. The molecule has 0 atom stereocenters. The number of hydrogen-bond donors (Lipinski definition) is 0. The Morgan fingerprint density at radius 1 is 1.04 bits per heavy atom. The van der Waals surface area contributed by atoms with Gasteiger partial charge in [-0.3, -0.25) is 0 Å². The Morgan fingerprint density at radius 3 is 2.00 bits per heavy atom. The molecule has 0 bridgehead atoms. The highest BCUT2D eigenvalue weighted by Gasteiger charge is 2.54. The van der Waals surface area contributed by atoms with Crippen LogP contribution in [-0.4, -0.2) is 39.0 Å². The zero-order valence-corrected chi connectivity index (χ0v) is 19.0. The lowest BCUT2D eigenvalue weighted by Gasteiger charge is -2.32. The minimum atomic E-state index is -2.31. The molecule has 1 heterocycles. The Bertz CT molecular complexity index is 694. The van der Waals surface area contributed by atoms with Crippen LogP contribution < -0.4 is 5.19 Å². The first-order valence-corrected chi connectivity index (χ1v) is 12.8. The maximum absolute atomic E-state index is 13.1. The molecule has 1 aliphatic rings. The highest BCUT2D eigenvalue weighted by atomic mass is 28.3. The Balaban J connectivity index is 2.62. The summed E-state index contributed by atoms with van der Waals surface area (Å²) in [5, 5.41) is 1.95. The average molecular weight is 388 g/mol. The van der Waals surface area contributed by atoms with Gasteiger partial charge in [0.15, 0.2) is 0 Å². The molecule has 1 aromatic carbocycles. The zero-order valence-electron chi connectivity index (χ0n) is 18.0. The van der Waals surface area contributed by atoms with Crippen molar-refractivity contribution in [2.75, 3.05) is 6.61 Å². The van der Waals surface area contributed by atoms with Crippen molar-refractivity contribution < 1.29 is 18.8 Å². The summed E-state index contributed by atoms with van der Waals surface area (Å²) in [6, 6.07) is 10.2. The van der Waals surface area contributed by atoms with E-state index in [1.165, 1.54) is 5.19 Å². The van der Waals surface area contributed by atoms with Crippen LogP contribution in [-0.2, 0) is 18.8 Å². The summed E-state index contributed by atoms with van der Waals surface area (Å²) in [6.07, 6.45) is 0.675. The van der Waals surface area contributed by atoms with E-state index in [0.717, 1.165) is 10.7 Å². The van der Waals surface area contributed by atoms with Gasteiger partial charge in [-0.1, -0.05) is 55.5 Å². The molecular weight excluding hydrogens is 355 g/mol. The van der Waals surface area contributed by atoms with Crippen molar-refractivity contribution >= 4 is 26.3 Å². The highest BCUT2D eigenvalue weighted by Crippen LogP contribution is 2.40. The van der Waals surface area contributed by atoms with Crippen LogP contribution in [0.1, 0.15) is 48.0 Å². The fourth-order valence-corrected chi connectivity index (χ4v) is 6.43. The van der Waals surface area contributed by atoms with E-state index in [1.807, 2.05) is 52.8 Å². The van der Waals surface area contributed by atoms with E-state index in [9.17, 15) is 4.79 Å². The normalized spacial score (nSPS) is 19.6. The summed E-state index contributed by atoms with van der Waals surface area (Å²) in [4.78, 5) is 13.1. The summed E-state index contributed by atoms with van der Waals surface area (Å²) < 4.78 is 18.1. The van der Waals surface area contributed by atoms with Crippen molar-refractivity contribution in [3.8, 4) is 0 Å². The van der Waals surface area contributed by atoms with Gasteiger partial charge in [-0.25, -0.2) is 4.79 Å². The fraction of sp³-hybridized carbons (Fsp3) is 0.571. The van der Waals surface area contributed by atoms with Crippen molar-refractivity contribution in [3.63, 3.8) is 0 Å². The van der Waals surface area contributed by atoms with Crippen LogP contribution in [0.2, 0.25) is 13.1 Å². The van der Waals surface area contributed by atoms with Crippen molar-refractivity contribution in [1.29, 1.82) is 0 Å². The minimum Gasteiger partial charge on any atom is -0.463 e. The number of benzene rings is 1. The van der Waals surface area contributed by atoms with Crippen LogP contribution in [0.25, 0.3) is 0 Å². The Morgan fingerprint density at radius 2 is 1.56 bits per heavy atom. The number of hydrogen-bond acceptors (Lipinski definition) is 4. The number of carbonyl (C=O) groups is 1. The van der Waals surface area contributed by atoms with Gasteiger partial charge in [0, 0.05) is 5.20 Å². The molecule has 0 saturated carbocycles. The third kappa shape index (κ3) is 4.23. The molecular formula is C21H33BO4Si. The third-order valence-corrected chi connectivity index (χ3v) is 9.39. The lowest BCUT2D eigenvalue weighted by Crippen LogP contribution is -2.48. The highest BCUT2D eigenvalue weighted by molar-refractivity contribution is 6.99. The summed E-state index contributed by atoms with van der Waals surface area (Å²) in [5.74, 6) is -0.246. The molecule has 0 amide bonds. The third-order valence-electron chi connectivity index (χ3n) is 5.84. The Kier molecular flexibility index (Phi) is 6.45. The van der Waals surface area contributed by atoms with Gasteiger partial charge in [-0.2, -0.15) is 0 Å². The maximum atomic E-state index is 13.1. The number of carbonyl (C=O) groups excluding carboxylic acids is 1. The molecule has 148 valence electrons. The molecule has 0 radical (unpaired) electrons. The van der Waals surface area contributed by atoms with Crippen molar-refractivity contribution in [2.24, 2.45) is 0 Å². The molecule has 6 heteroatoms. The maximum Gasteiger partial charge on any atom is 0.490 e. The molecule has 27 heavy (non-hydrogen) atoms. The second-order valence-electron chi connectivity index (χ2n) is 8.55. The van der Waals surface area contributed by atoms with Gasteiger partial charge in [0.05, 0.1) is 17.8 Å². The van der Waals surface area contributed by atoms with Crippen LogP contribution in [0.4, 0.5) is 0 Å². The van der Waals surface area contributed by atoms with Gasteiger partial charge in [-0.05, 0) is 46.5 Å². The molecule has 1 fully saturated rings. The van der Waals surface area contributed by atoms with Crippen molar-refractivity contribution in [1.82, 2.24) is 0 Å². The largest absolute Gasteiger partial charge is 0.490 e. The summed E-state index contributed by atoms with van der Waals surface area (Å²) in [6.45, 7) is 16.7. The molecule has 0 aromatic heterocycles. The van der Waals surface area contributed by atoms with E-state index in [1.54, 1.807) is 0 Å². The second kappa shape index (κ2) is 7.94. The van der Waals surface area contributed by atoms with E-state index < -0.39 is 26.4 Å². The van der Waals surface area contributed by atoms with Crippen molar-refractivity contribution in [2.45, 2.75) is 72.3 Å². The van der Waals surface area contributed by atoms with Gasteiger partial charge in [-0.15, -0.1) is 0 Å². The first-order valence-electron chi connectivity index (χ1n) is 9.79. The molecule has 1 aromatic rings. The van der Waals surface area contributed by atoms with E-state index in [0.29, 0.717) is 13.0 Å². The first-order chi connectivity index (χ1) is 12.5. The summed E-state index contributed by atoms with van der Waals surface area (Å²) in [7, 11) is -2.84. The predicted molar refractivity (Wildman–Crippen MR) is 114 cm³/mol. The van der Waals surface area contributed by atoms with Gasteiger partial charge in [0.1, 0.15) is 8.07 Å². The minimum absolute atomic E-state index is 0.246. The predicted octanol–water partition coefficient (Wildman–Crippen LogP) is 4.04. The monoisotopic (exact) mass is 388 g/mol. The van der Waals surface area contributed by atoms with Crippen LogP contribution in [0, 0.1) is 0 Å². The van der Waals surface area contributed by atoms with Crippen LogP contribution in [0.5, 0.6) is 0 Å². The van der Waals surface area contributed by atoms with Crippen LogP contribution in [0.15, 0.2) is 41.0 Å². The quantitative estimate of drug-likeness (QED) is 0.419. The standard InChI is InChI=1S/C21H33BO4Si/c1-9-17(22-25-20(3,4)21(5,6)26-22)18(19(23)24-10-2)27(7,8)16-14-12-11-13-15-16/h11-15H,9-10H2,1-8H3/b18-17+. The number of rotatable bonds is 6. The topological polar surface area (TPSA) is 44.8 Å². The number of ether oxygens (including phenoxy) is 1. The van der Waals surface area contributed by atoms with E-state index in [2.05, 4.69) is 32.2 Å². The van der Waals surface area contributed by atoms with E-state index in [-0.39, 0.29) is 5.97 Å². The second-order valence-corrected chi connectivity index (χ2v) is 12.9. The van der Waals surface area contributed by atoms with Gasteiger partial charge in [0.2, 0.25) is 0 Å². The Hall–Kier alpha value is -1.37. The smallest absolute Gasteiger partial charge is 0.463 e. The number of esters is 1. The molecule has 0 unspecified atom stereocenters. The lowest BCUT2D eigenvalue weighted by molar-refractivity contribution is -0.137. The molecule has 4 nitrogen and oxygen atoms in total. The van der Waals surface area contributed by atoms with E-state index >= 15 is 0 Å². The van der Waals surface area contributed by atoms with Gasteiger partial charge in [0.25, 0.3) is 0 Å². The molecule has 1 aliphatic heterocycles. The zero-order chi connectivity index (χ0) is 20.5.